The Bertz CT molecular complexity index is 607. The molecular weight excluding hydrogens is 230 g/mol. The van der Waals surface area contributed by atoms with Crippen molar-refractivity contribution < 1.29 is 0 Å². The zero-order valence-corrected chi connectivity index (χ0v) is 10.4. The molecule has 4 rings (SSSR count). The van der Waals surface area contributed by atoms with Crippen molar-refractivity contribution in [3.8, 4) is 0 Å². The van der Waals surface area contributed by atoms with E-state index in [1.165, 1.54) is 25.7 Å². The minimum atomic E-state index is 0.603. The molecule has 2 heterocycles. The maximum Gasteiger partial charge on any atom is 0.179 e. The fourth-order valence-electron chi connectivity index (χ4n) is 2.92. The van der Waals surface area contributed by atoms with E-state index in [0.717, 1.165) is 27.8 Å². The summed E-state index contributed by atoms with van der Waals surface area (Å²) in [4.78, 5) is 7.80. The molecule has 0 saturated heterocycles. The predicted octanol–water partition coefficient (Wildman–Crippen LogP) is 3.45. The molecule has 0 bridgehead atoms. The number of H-pyrrole nitrogens is 1. The number of rotatable bonds is 3. The first-order valence-electron chi connectivity index (χ1n) is 6.40. The van der Waals surface area contributed by atoms with Crippen LogP contribution in [0.5, 0.6) is 0 Å². The van der Waals surface area contributed by atoms with Crippen molar-refractivity contribution >= 4 is 23.4 Å². The van der Waals surface area contributed by atoms with Gasteiger partial charge in [-0.05, 0) is 61.9 Å². The molecule has 1 N–H and O–H groups in total. The van der Waals surface area contributed by atoms with Crippen LogP contribution in [0.1, 0.15) is 31.7 Å². The van der Waals surface area contributed by atoms with Gasteiger partial charge in [-0.25, -0.2) is 4.98 Å². The Morgan fingerprint density at radius 1 is 1.29 bits per heavy atom. The van der Waals surface area contributed by atoms with Crippen molar-refractivity contribution in [3.63, 3.8) is 0 Å². The first kappa shape index (κ1) is 9.83. The van der Waals surface area contributed by atoms with Gasteiger partial charge in [-0.3, -0.25) is 4.57 Å². The third-order valence-corrected chi connectivity index (χ3v) is 4.28. The van der Waals surface area contributed by atoms with Crippen molar-refractivity contribution in [2.75, 3.05) is 0 Å². The van der Waals surface area contributed by atoms with Gasteiger partial charge in [0.15, 0.2) is 10.4 Å². The van der Waals surface area contributed by atoms with Crippen LogP contribution in [-0.2, 0) is 0 Å². The molecule has 88 valence electrons. The SMILES string of the molecule is S=c1[nH]c2cccnc2n1C(C1CC1)C1CC1. The van der Waals surface area contributed by atoms with Crippen LogP contribution in [0.2, 0.25) is 0 Å². The van der Waals surface area contributed by atoms with Gasteiger partial charge >= 0.3 is 0 Å². The highest BCUT2D eigenvalue weighted by Crippen LogP contribution is 2.52. The summed E-state index contributed by atoms with van der Waals surface area (Å²) in [5.74, 6) is 1.69. The molecule has 4 heteroatoms. The highest BCUT2D eigenvalue weighted by molar-refractivity contribution is 7.71. The largest absolute Gasteiger partial charge is 0.329 e. The van der Waals surface area contributed by atoms with Crippen LogP contribution in [0, 0.1) is 16.6 Å². The molecule has 0 aromatic carbocycles. The van der Waals surface area contributed by atoms with Gasteiger partial charge in [0.25, 0.3) is 0 Å². The van der Waals surface area contributed by atoms with E-state index >= 15 is 0 Å². The maximum absolute atomic E-state index is 5.49. The van der Waals surface area contributed by atoms with E-state index in [2.05, 4.69) is 20.6 Å². The molecule has 0 spiro atoms. The van der Waals surface area contributed by atoms with Crippen LogP contribution < -0.4 is 0 Å². The van der Waals surface area contributed by atoms with Crippen LogP contribution >= 0.6 is 12.2 Å². The van der Waals surface area contributed by atoms with Crippen LogP contribution in [0.25, 0.3) is 11.2 Å². The maximum atomic E-state index is 5.49. The average molecular weight is 245 g/mol. The van der Waals surface area contributed by atoms with Crippen LogP contribution in [-0.4, -0.2) is 14.5 Å². The topological polar surface area (TPSA) is 33.6 Å². The molecule has 17 heavy (non-hydrogen) atoms. The number of fused-ring (bicyclic) bond motifs is 1. The Morgan fingerprint density at radius 3 is 2.65 bits per heavy atom. The normalized spacial score (nSPS) is 20.3. The second-order valence-electron chi connectivity index (χ2n) is 5.34. The number of hydrogen-bond acceptors (Lipinski definition) is 2. The molecule has 2 fully saturated rings. The van der Waals surface area contributed by atoms with Crippen molar-refractivity contribution in [3.05, 3.63) is 23.1 Å². The molecule has 2 aromatic heterocycles. The zero-order chi connectivity index (χ0) is 11.4. The molecule has 2 aromatic rings. The molecule has 2 aliphatic rings. The summed E-state index contributed by atoms with van der Waals surface area (Å²) in [6.07, 6.45) is 7.31. The molecule has 0 aliphatic heterocycles. The van der Waals surface area contributed by atoms with E-state index in [4.69, 9.17) is 12.2 Å². The average Bonchev–Trinajstić information content (AvgIpc) is 3.21. The van der Waals surface area contributed by atoms with Gasteiger partial charge in [0.05, 0.1) is 5.52 Å². The molecule has 0 radical (unpaired) electrons. The molecular formula is C13H15N3S. The van der Waals surface area contributed by atoms with Crippen molar-refractivity contribution in [1.82, 2.24) is 14.5 Å². The van der Waals surface area contributed by atoms with Crippen molar-refractivity contribution in [1.29, 1.82) is 0 Å². The lowest BCUT2D eigenvalue weighted by Gasteiger charge is -2.17. The van der Waals surface area contributed by atoms with Gasteiger partial charge in [0.2, 0.25) is 0 Å². The lowest BCUT2D eigenvalue weighted by Crippen LogP contribution is -2.14. The standard InChI is InChI=1S/C13H15N3S/c17-13-15-10-2-1-7-14-12(10)16(13)11(8-3-4-8)9-5-6-9/h1-2,7-9,11H,3-6H2,(H,15,17). The minimum Gasteiger partial charge on any atom is -0.329 e. The number of aromatic amines is 1. The van der Waals surface area contributed by atoms with E-state index < -0.39 is 0 Å². The van der Waals surface area contributed by atoms with E-state index in [0.29, 0.717) is 6.04 Å². The summed E-state index contributed by atoms with van der Waals surface area (Å²) in [6, 6.07) is 4.62. The molecule has 3 nitrogen and oxygen atoms in total. The summed E-state index contributed by atoms with van der Waals surface area (Å²) < 4.78 is 3.14. The number of nitrogens with one attached hydrogen (secondary N) is 1. The Hall–Kier alpha value is -1.16. The second-order valence-corrected chi connectivity index (χ2v) is 5.73. The van der Waals surface area contributed by atoms with Gasteiger partial charge < -0.3 is 4.98 Å². The van der Waals surface area contributed by atoms with Crippen molar-refractivity contribution in [2.24, 2.45) is 11.8 Å². The Kier molecular flexibility index (Phi) is 1.98. The molecule has 2 saturated carbocycles. The van der Waals surface area contributed by atoms with E-state index in [1.807, 2.05) is 12.3 Å². The summed E-state index contributed by atoms with van der Waals surface area (Å²) in [5, 5.41) is 0. The third kappa shape index (κ3) is 1.54. The summed E-state index contributed by atoms with van der Waals surface area (Å²) in [6.45, 7) is 0. The molecule has 0 unspecified atom stereocenters. The van der Waals surface area contributed by atoms with Gasteiger partial charge in [0.1, 0.15) is 0 Å². The first-order chi connectivity index (χ1) is 8.34. The number of aromatic nitrogens is 3. The summed E-state index contributed by atoms with van der Waals surface area (Å²) in [5.41, 5.74) is 2.12. The zero-order valence-electron chi connectivity index (χ0n) is 9.60. The molecule has 2 aliphatic carbocycles. The Morgan fingerprint density at radius 2 is 2.00 bits per heavy atom. The van der Waals surface area contributed by atoms with E-state index in [-0.39, 0.29) is 0 Å². The van der Waals surface area contributed by atoms with Gasteiger partial charge in [-0.2, -0.15) is 0 Å². The van der Waals surface area contributed by atoms with Crippen LogP contribution in [0.4, 0.5) is 0 Å². The third-order valence-electron chi connectivity index (χ3n) is 3.98. The Balaban J connectivity index is 1.93. The quantitative estimate of drug-likeness (QED) is 0.840. The van der Waals surface area contributed by atoms with E-state index in [9.17, 15) is 0 Å². The lowest BCUT2D eigenvalue weighted by atomic mass is 10.1. The monoisotopic (exact) mass is 245 g/mol. The van der Waals surface area contributed by atoms with Crippen molar-refractivity contribution in [2.45, 2.75) is 31.7 Å². The summed E-state index contributed by atoms with van der Waals surface area (Å²) >= 11 is 5.49. The minimum absolute atomic E-state index is 0.603. The second kappa shape index (κ2) is 3.42. The first-order valence-corrected chi connectivity index (χ1v) is 6.80. The molecule has 0 amide bonds. The number of imidazole rings is 1. The van der Waals surface area contributed by atoms with Gasteiger partial charge in [-0.1, -0.05) is 0 Å². The molecule has 0 atom stereocenters. The van der Waals surface area contributed by atoms with E-state index in [1.54, 1.807) is 0 Å². The lowest BCUT2D eigenvalue weighted by molar-refractivity contribution is 0.398. The Labute approximate surface area is 105 Å². The number of hydrogen-bond donors (Lipinski definition) is 1. The van der Waals surface area contributed by atoms with Gasteiger partial charge in [-0.15, -0.1) is 0 Å². The summed E-state index contributed by atoms with van der Waals surface area (Å²) in [7, 11) is 0. The fraction of sp³-hybridized carbons (Fsp3) is 0.538. The fourth-order valence-corrected chi connectivity index (χ4v) is 3.23. The highest BCUT2D eigenvalue weighted by atomic mass is 32.1. The van der Waals surface area contributed by atoms with Gasteiger partial charge in [0, 0.05) is 12.2 Å². The van der Waals surface area contributed by atoms with Crippen LogP contribution in [0.15, 0.2) is 18.3 Å². The number of pyridine rings is 1. The smallest absolute Gasteiger partial charge is 0.179 e. The highest BCUT2D eigenvalue weighted by Gasteiger charge is 2.43. The predicted molar refractivity (Wildman–Crippen MR) is 69.4 cm³/mol. The van der Waals surface area contributed by atoms with Crippen LogP contribution in [0.3, 0.4) is 0 Å². The number of nitrogens with zero attached hydrogens (tertiary/aromatic N) is 2.